The average molecular weight is 324 g/mol. The van der Waals surface area contributed by atoms with Gasteiger partial charge in [-0.15, -0.1) is 0 Å². The molecular formula is C14H11F3N4O2. The molecule has 6 nitrogen and oxygen atoms in total. The molecule has 3 rings (SSSR count). The number of hydrogen-bond acceptors (Lipinski definition) is 4. The summed E-state index contributed by atoms with van der Waals surface area (Å²) in [7, 11) is 1.60. The van der Waals surface area contributed by atoms with Gasteiger partial charge >= 0.3 is 11.9 Å². The maximum absolute atomic E-state index is 12.4. The van der Waals surface area contributed by atoms with Crippen LogP contribution < -0.4 is 5.69 Å². The second kappa shape index (κ2) is 5.20. The molecule has 120 valence electrons. The topological polar surface area (TPSA) is 83.8 Å². The monoisotopic (exact) mass is 324 g/mol. The molecule has 0 radical (unpaired) electrons. The second-order valence-corrected chi connectivity index (χ2v) is 4.99. The van der Waals surface area contributed by atoms with Crippen LogP contribution in [-0.4, -0.2) is 30.8 Å². The number of rotatable bonds is 2. The van der Waals surface area contributed by atoms with Crippen LogP contribution in [0.4, 0.5) is 13.2 Å². The zero-order chi connectivity index (χ0) is 16.8. The van der Waals surface area contributed by atoms with E-state index in [-0.39, 0.29) is 5.69 Å². The first-order chi connectivity index (χ1) is 10.8. The summed E-state index contributed by atoms with van der Waals surface area (Å²) in [6.07, 6.45) is -5.43. The Morgan fingerprint density at radius 3 is 2.61 bits per heavy atom. The Hall–Kier alpha value is -2.68. The number of benzene rings is 1. The van der Waals surface area contributed by atoms with Crippen LogP contribution in [-0.2, 0) is 7.05 Å². The first-order valence-electron chi connectivity index (χ1n) is 6.53. The maximum Gasteiger partial charge on any atom is 0.420 e. The van der Waals surface area contributed by atoms with Crippen LogP contribution in [0.25, 0.3) is 22.3 Å². The molecule has 2 heterocycles. The SMILES string of the molecule is Cn1c(=O)[nH]c2ccc(-c3cnc(C(O)C(F)(F)F)cn3)cc21. The highest BCUT2D eigenvalue weighted by atomic mass is 19.4. The average Bonchev–Trinajstić information content (AvgIpc) is 2.80. The summed E-state index contributed by atoms with van der Waals surface area (Å²) in [4.78, 5) is 21.7. The van der Waals surface area contributed by atoms with E-state index < -0.39 is 18.0 Å². The van der Waals surface area contributed by atoms with Gasteiger partial charge in [0.05, 0.1) is 34.8 Å². The van der Waals surface area contributed by atoms with Crippen molar-refractivity contribution in [1.29, 1.82) is 0 Å². The fraction of sp³-hybridized carbons (Fsp3) is 0.214. The van der Waals surface area contributed by atoms with E-state index in [1.165, 1.54) is 4.57 Å². The number of hydrogen-bond donors (Lipinski definition) is 2. The number of aromatic amines is 1. The first-order valence-corrected chi connectivity index (χ1v) is 6.53. The quantitative estimate of drug-likeness (QED) is 0.754. The Morgan fingerprint density at radius 1 is 1.26 bits per heavy atom. The minimum absolute atomic E-state index is 0.271. The number of aliphatic hydroxyl groups excluding tert-OH is 1. The fourth-order valence-electron chi connectivity index (χ4n) is 2.18. The summed E-state index contributed by atoms with van der Waals surface area (Å²) in [5.74, 6) is 0. The molecule has 0 fully saturated rings. The minimum Gasteiger partial charge on any atom is -0.378 e. The fourth-order valence-corrected chi connectivity index (χ4v) is 2.18. The van der Waals surface area contributed by atoms with Crippen LogP contribution in [0.1, 0.15) is 11.8 Å². The Balaban J connectivity index is 1.99. The lowest BCUT2D eigenvalue weighted by molar-refractivity contribution is -0.208. The van der Waals surface area contributed by atoms with Crippen molar-refractivity contribution in [2.45, 2.75) is 12.3 Å². The van der Waals surface area contributed by atoms with Crippen LogP contribution in [0, 0.1) is 0 Å². The standard InChI is InChI=1S/C14H11F3N4O2/c1-21-11-4-7(2-3-8(11)20-13(21)23)9-5-19-10(6-18-9)12(22)14(15,16)17/h2-6,12,22H,1H3,(H,20,23). The summed E-state index contributed by atoms with van der Waals surface area (Å²) < 4.78 is 38.7. The van der Waals surface area contributed by atoms with Gasteiger partial charge in [0.25, 0.3) is 0 Å². The van der Waals surface area contributed by atoms with Crippen molar-refractivity contribution in [3.8, 4) is 11.3 Å². The van der Waals surface area contributed by atoms with Gasteiger partial charge in [0.15, 0.2) is 6.10 Å². The summed E-state index contributed by atoms with van der Waals surface area (Å²) in [6.45, 7) is 0. The third kappa shape index (κ3) is 2.70. The number of aliphatic hydroxyl groups is 1. The van der Waals surface area contributed by atoms with Gasteiger partial charge in [0.2, 0.25) is 0 Å². The smallest absolute Gasteiger partial charge is 0.378 e. The predicted molar refractivity (Wildman–Crippen MR) is 75.6 cm³/mol. The van der Waals surface area contributed by atoms with Crippen LogP contribution in [0.15, 0.2) is 35.4 Å². The Kier molecular flexibility index (Phi) is 3.44. The number of aromatic nitrogens is 4. The molecular weight excluding hydrogens is 313 g/mol. The number of alkyl halides is 3. The van der Waals surface area contributed by atoms with Gasteiger partial charge in [-0.3, -0.25) is 14.5 Å². The largest absolute Gasteiger partial charge is 0.420 e. The number of imidazole rings is 1. The molecule has 9 heteroatoms. The molecule has 0 amide bonds. The number of H-pyrrole nitrogens is 1. The van der Waals surface area contributed by atoms with E-state index in [0.717, 1.165) is 12.4 Å². The van der Waals surface area contributed by atoms with Crippen molar-refractivity contribution in [3.05, 3.63) is 46.8 Å². The van der Waals surface area contributed by atoms with Crippen LogP contribution in [0.2, 0.25) is 0 Å². The summed E-state index contributed by atoms with van der Waals surface area (Å²) >= 11 is 0. The van der Waals surface area contributed by atoms with Crippen LogP contribution in [0.3, 0.4) is 0 Å². The molecule has 0 bridgehead atoms. The van der Waals surface area contributed by atoms with Crippen LogP contribution in [0.5, 0.6) is 0 Å². The molecule has 23 heavy (non-hydrogen) atoms. The van der Waals surface area contributed by atoms with Gasteiger partial charge in [-0.2, -0.15) is 13.2 Å². The summed E-state index contributed by atoms with van der Waals surface area (Å²) in [5.41, 5.74) is 1.35. The zero-order valence-corrected chi connectivity index (χ0v) is 11.8. The molecule has 0 spiro atoms. The number of nitrogens with zero attached hydrogens (tertiary/aromatic N) is 3. The summed E-state index contributed by atoms with van der Waals surface area (Å²) in [5, 5.41) is 9.13. The molecule has 1 unspecified atom stereocenters. The van der Waals surface area contributed by atoms with Gasteiger partial charge in [-0.1, -0.05) is 6.07 Å². The lowest BCUT2D eigenvalue weighted by atomic mass is 10.1. The molecule has 2 N–H and O–H groups in total. The van der Waals surface area contributed by atoms with E-state index >= 15 is 0 Å². The Labute approximate surface area is 127 Å². The molecule has 1 atom stereocenters. The van der Waals surface area contributed by atoms with Crippen molar-refractivity contribution in [1.82, 2.24) is 19.5 Å². The van der Waals surface area contributed by atoms with Crippen LogP contribution >= 0.6 is 0 Å². The van der Waals surface area contributed by atoms with Gasteiger partial charge in [-0.05, 0) is 12.1 Å². The predicted octanol–water partition coefficient (Wildman–Crippen LogP) is 1.92. The third-order valence-electron chi connectivity index (χ3n) is 3.46. The highest BCUT2D eigenvalue weighted by Crippen LogP contribution is 2.31. The van der Waals surface area contributed by atoms with E-state index in [1.54, 1.807) is 25.2 Å². The zero-order valence-electron chi connectivity index (χ0n) is 11.8. The molecule has 0 saturated carbocycles. The van der Waals surface area contributed by atoms with Crippen molar-refractivity contribution in [3.63, 3.8) is 0 Å². The van der Waals surface area contributed by atoms with E-state index in [2.05, 4.69) is 15.0 Å². The molecule has 0 saturated heterocycles. The number of fused-ring (bicyclic) bond motifs is 1. The van der Waals surface area contributed by atoms with Crippen molar-refractivity contribution >= 4 is 11.0 Å². The number of nitrogens with one attached hydrogen (secondary N) is 1. The maximum atomic E-state index is 12.4. The lowest BCUT2D eigenvalue weighted by Crippen LogP contribution is -2.21. The van der Waals surface area contributed by atoms with Crippen molar-refractivity contribution in [2.75, 3.05) is 0 Å². The molecule has 3 aromatic rings. The van der Waals surface area contributed by atoms with Gasteiger partial charge in [-0.25, -0.2) is 4.79 Å². The van der Waals surface area contributed by atoms with Crippen molar-refractivity contribution in [2.24, 2.45) is 7.05 Å². The normalized spacial score (nSPS) is 13.4. The highest BCUT2D eigenvalue weighted by molar-refractivity contribution is 5.81. The molecule has 0 aliphatic heterocycles. The van der Waals surface area contributed by atoms with E-state index in [0.29, 0.717) is 22.3 Å². The van der Waals surface area contributed by atoms with Gasteiger partial charge in [0.1, 0.15) is 0 Å². The molecule has 2 aromatic heterocycles. The lowest BCUT2D eigenvalue weighted by Gasteiger charge is -2.13. The summed E-state index contributed by atoms with van der Waals surface area (Å²) in [6, 6.07) is 5.02. The second-order valence-electron chi connectivity index (χ2n) is 4.99. The van der Waals surface area contributed by atoms with Gasteiger partial charge in [0, 0.05) is 12.6 Å². The molecule has 1 aromatic carbocycles. The number of halogens is 3. The van der Waals surface area contributed by atoms with Gasteiger partial charge < -0.3 is 10.1 Å². The first kappa shape index (κ1) is 15.2. The third-order valence-corrected chi connectivity index (χ3v) is 3.46. The molecule has 0 aliphatic rings. The Bertz CT molecular complexity index is 912. The highest BCUT2D eigenvalue weighted by Gasteiger charge is 2.40. The number of aryl methyl sites for hydroxylation is 1. The van der Waals surface area contributed by atoms with E-state index in [9.17, 15) is 18.0 Å². The van der Waals surface area contributed by atoms with Crippen molar-refractivity contribution < 1.29 is 18.3 Å². The van der Waals surface area contributed by atoms with E-state index in [1.807, 2.05) is 0 Å². The Morgan fingerprint density at radius 2 is 2.00 bits per heavy atom. The minimum atomic E-state index is -4.79. The van der Waals surface area contributed by atoms with E-state index in [4.69, 9.17) is 5.11 Å². The molecule has 0 aliphatic carbocycles.